The van der Waals surface area contributed by atoms with E-state index in [4.69, 9.17) is 5.73 Å². The highest BCUT2D eigenvalue weighted by Gasteiger charge is 2.31. The third-order valence-corrected chi connectivity index (χ3v) is 2.33. The Morgan fingerprint density at radius 2 is 2.00 bits per heavy atom. The summed E-state index contributed by atoms with van der Waals surface area (Å²) in [7, 11) is 0. The topological polar surface area (TPSA) is 55.0 Å². The molecule has 1 rings (SSSR count). The molecule has 0 spiro atoms. The molecule has 0 unspecified atom stereocenters. The second-order valence-corrected chi connectivity index (χ2v) is 3.94. The molecule has 0 aromatic carbocycles. The van der Waals surface area contributed by atoms with Crippen LogP contribution in [0.4, 0.5) is 19.0 Å². The van der Waals surface area contributed by atoms with Crippen LogP contribution in [0.15, 0.2) is 6.07 Å². The maximum absolute atomic E-state index is 12.5. The van der Waals surface area contributed by atoms with Gasteiger partial charge in [-0.25, -0.2) is 9.97 Å². The molecule has 0 radical (unpaired) electrons. The molecular weight excluding hydrogens is 245 g/mol. The number of rotatable bonds is 5. The second kappa shape index (κ2) is 5.99. The summed E-state index contributed by atoms with van der Waals surface area (Å²) in [5.41, 5.74) is 6.07. The molecule has 2 N–H and O–H groups in total. The molecule has 0 saturated carbocycles. The summed E-state index contributed by atoms with van der Waals surface area (Å²) in [5, 5.41) is 0. The first-order valence-corrected chi connectivity index (χ1v) is 5.72. The highest BCUT2D eigenvalue weighted by atomic mass is 19.4. The fraction of sp³-hybridized carbons (Fsp3) is 0.636. The van der Waals surface area contributed by atoms with Crippen LogP contribution < -0.4 is 10.6 Å². The number of nitrogens with two attached hydrogens (primary N) is 1. The standard InChI is InChI=1S/C11H17F3N4/c1-3-9-6-10(17-8(2)16-9)18(5-4-15)7-11(12,13)14/h6H,3-5,7,15H2,1-2H3. The highest BCUT2D eigenvalue weighted by Crippen LogP contribution is 2.21. The van der Waals surface area contributed by atoms with Crippen LogP contribution in [0.1, 0.15) is 18.4 Å². The number of anilines is 1. The second-order valence-electron chi connectivity index (χ2n) is 3.94. The molecule has 102 valence electrons. The Balaban J connectivity index is 3.01. The van der Waals surface area contributed by atoms with Crippen molar-refractivity contribution in [3.8, 4) is 0 Å². The van der Waals surface area contributed by atoms with Gasteiger partial charge < -0.3 is 10.6 Å². The maximum Gasteiger partial charge on any atom is 0.405 e. The van der Waals surface area contributed by atoms with Crippen molar-refractivity contribution in [3.63, 3.8) is 0 Å². The van der Waals surface area contributed by atoms with Crippen LogP contribution in [0.5, 0.6) is 0 Å². The van der Waals surface area contributed by atoms with Gasteiger partial charge in [-0.15, -0.1) is 0 Å². The molecule has 1 aromatic heterocycles. The van der Waals surface area contributed by atoms with Crippen LogP contribution in [0, 0.1) is 6.92 Å². The maximum atomic E-state index is 12.5. The van der Waals surface area contributed by atoms with Gasteiger partial charge in [0.05, 0.1) is 0 Å². The lowest BCUT2D eigenvalue weighted by Crippen LogP contribution is -2.38. The average molecular weight is 262 g/mol. The number of alkyl halides is 3. The largest absolute Gasteiger partial charge is 0.405 e. The quantitative estimate of drug-likeness (QED) is 0.877. The monoisotopic (exact) mass is 262 g/mol. The average Bonchev–Trinajstić information content (AvgIpc) is 2.26. The minimum Gasteiger partial charge on any atom is -0.346 e. The zero-order chi connectivity index (χ0) is 13.8. The predicted octanol–water partition coefficient (Wildman–Crippen LogP) is 1.67. The van der Waals surface area contributed by atoms with Gasteiger partial charge in [-0.05, 0) is 13.3 Å². The van der Waals surface area contributed by atoms with Gasteiger partial charge in [-0.1, -0.05) is 6.92 Å². The van der Waals surface area contributed by atoms with Gasteiger partial charge in [0.2, 0.25) is 0 Å². The van der Waals surface area contributed by atoms with Gasteiger partial charge >= 0.3 is 6.18 Å². The summed E-state index contributed by atoms with van der Waals surface area (Å²) in [6.45, 7) is 2.75. The van der Waals surface area contributed by atoms with Crippen molar-refractivity contribution < 1.29 is 13.2 Å². The molecule has 1 heterocycles. The van der Waals surface area contributed by atoms with Crippen molar-refractivity contribution in [2.75, 3.05) is 24.5 Å². The normalized spacial score (nSPS) is 11.7. The third-order valence-electron chi connectivity index (χ3n) is 2.33. The van der Waals surface area contributed by atoms with Crippen LogP contribution in [-0.2, 0) is 6.42 Å². The number of hydrogen-bond acceptors (Lipinski definition) is 4. The van der Waals surface area contributed by atoms with Crippen LogP contribution >= 0.6 is 0 Å². The molecule has 0 aliphatic heterocycles. The van der Waals surface area contributed by atoms with Crippen LogP contribution in [0.2, 0.25) is 0 Å². The van der Waals surface area contributed by atoms with Gasteiger partial charge in [-0.2, -0.15) is 13.2 Å². The predicted molar refractivity (Wildman–Crippen MR) is 63.5 cm³/mol. The van der Waals surface area contributed by atoms with E-state index in [1.54, 1.807) is 13.0 Å². The van der Waals surface area contributed by atoms with Crippen LogP contribution in [0.25, 0.3) is 0 Å². The van der Waals surface area contributed by atoms with E-state index in [1.807, 2.05) is 6.92 Å². The van der Waals surface area contributed by atoms with Gasteiger partial charge in [0.25, 0.3) is 0 Å². The van der Waals surface area contributed by atoms with E-state index in [0.717, 1.165) is 10.6 Å². The first-order valence-electron chi connectivity index (χ1n) is 5.72. The zero-order valence-electron chi connectivity index (χ0n) is 10.5. The summed E-state index contributed by atoms with van der Waals surface area (Å²) >= 11 is 0. The van der Waals surface area contributed by atoms with Crippen molar-refractivity contribution >= 4 is 5.82 Å². The van der Waals surface area contributed by atoms with Crippen LogP contribution in [-0.4, -0.2) is 35.8 Å². The van der Waals surface area contributed by atoms with E-state index >= 15 is 0 Å². The molecule has 0 fully saturated rings. The van der Waals surface area contributed by atoms with E-state index in [9.17, 15) is 13.2 Å². The number of halogens is 3. The van der Waals surface area contributed by atoms with Crippen molar-refractivity contribution in [1.82, 2.24) is 9.97 Å². The van der Waals surface area contributed by atoms with E-state index in [1.165, 1.54) is 0 Å². The Kier molecular flexibility index (Phi) is 4.89. The minimum atomic E-state index is -4.28. The van der Waals surface area contributed by atoms with Crippen molar-refractivity contribution in [2.24, 2.45) is 5.73 Å². The first kappa shape index (κ1) is 14.7. The molecule has 0 saturated heterocycles. The molecule has 0 bridgehead atoms. The summed E-state index contributed by atoms with van der Waals surface area (Å²) in [6.07, 6.45) is -3.63. The zero-order valence-corrected chi connectivity index (χ0v) is 10.5. The Hall–Kier alpha value is -1.37. The van der Waals surface area contributed by atoms with E-state index in [-0.39, 0.29) is 18.9 Å². The fourth-order valence-electron chi connectivity index (χ4n) is 1.60. The molecule has 7 heteroatoms. The molecule has 0 aliphatic carbocycles. The SMILES string of the molecule is CCc1cc(N(CCN)CC(F)(F)F)nc(C)n1. The molecule has 0 aliphatic rings. The molecule has 18 heavy (non-hydrogen) atoms. The van der Waals surface area contributed by atoms with Crippen LogP contribution in [0.3, 0.4) is 0 Å². The van der Waals surface area contributed by atoms with Gasteiger partial charge in [0.15, 0.2) is 0 Å². The van der Waals surface area contributed by atoms with E-state index in [0.29, 0.717) is 12.2 Å². The summed E-state index contributed by atoms with van der Waals surface area (Å²) < 4.78 is 37.4. The minimum absolute atomic E-state index is 0.110. The summed E-state index contributed by atoms with van der Waals surface area (Å²) in [5.74, 6) is 0.746. The third kappa shape index (κ3) is 4.48. The Morgan fingerprint density at radius 3 is 2.50 bits per heavy atom. The van der Waals surface area contributed by atoms with E-state index < -0.39 is 12.7 Å². The lowest BCUT2D eigenvalue weighted by Gasteiger charge is -2.24. The Morgan fingerprint density at radius 1 is 1.33 bits per heavy atom. The van der Waals surface area contributed by atoms with Crippen molar-refractivity contribution in [2.45, 2.75) is 26.4 Å². The highest BCUT2D eigenvalue weighted by molar-refractivity contribution is 5.40. The number of aryl methyl sites for hydroxylation is 2. The number of nitrogens with zero attached hydrogens (tertiary/aromatic N) is 3. The van der Waals surface area contributed by atoms with Gasteiger partial charge in [0.1, 0.15) is 18.2 Å². The van der Waals surface area contributed by atoms with Crippen molar-refractivity contribution in [3.05, 3.63) is 17.6 Å². The molecule has 1 aromatic rings. The lowest BCUT2D eigenvalue weighted by molar-refractivity contribution is -0.119. The Labute approximate surface area is 104 Å². The number of aromatic nitrogens is 2. The smallest absolute Gasteiger partial charge is 0.346 e. The van der Waals surface area contributed by atoms with Crippen molar-refractivity contribution in [1.29, 1.82) is 0 Å². The first-order chi connectivity index (χ1) is 8.35. The summed E-state index contributed by atoms with van der Waals surface area (Å²) in [4.78, 5) is 9.32. The summed E-state index contributed by atoms with van der Waals surface area (Å²) in [6, 6.07) is 1.58. The van der Waals surface area contributed by atoms with Gasteiger partial charge in [0, 0.05) is 24.8 Å². The molecular formula is C11H17F3N4. The fourth-order valence-corrected chi connectivity index (χ4v) is 1.60. The lowest BCUT2D eigenvalue weighted by atomic mass is 10.3. The van der Waals surface area contributed by atoms with Gasteiger partial charge in [-0.3, -0.25) is 0 Å². The number of hydrogen-bond donors (Lipinski definition) is 1. The van der Waals surface area contributed by atoms with E-state index in [2.05, 4.69) is 9.97 Å². The molecule has 4 nitrogen and oxygen atoms in total. The molecule has 0 amide bonds. The Bertz CT molecular complexity index is 392. The molecule has 0 atom stereocenters.